The number of Topliss-reactive ketones (excluding diaryl/α,β-unsaturated/α-hetero) is 1. The summed E-state index contributed by atoms with van der Waals surface area (Å²) in [5.41, 5.74) is -5.27. The minimum Gasteiger partial charge on any atom is -0.465 e. The molecule has 7 heterocycles. The van der Waals surface area contributed by atoms with Crippen LogP contribution in [0.3, 0.4) is 0 Å². The first-order valence-electron chi connectivity index (χ1n) is 25.8. The van der Waals surface area contributed by atoms with Crippen molar-refractivity contribution in [2.45, 2.75) is 190 Å². The lowest BCUT2D eigenvalue weighted by Gasteiger charge is -2.64. The molecule has 21 nitrogen and oxygen atoms in total. The normalized spacial score (nSPS) is 22.2. The van der Waals surface area contributed by atoms with E-state index in [2.05, 4.69) is 33.0 Å². The van der Waals surface area contributed by atoms with E-state index in [-0.39, 0.29) is 81.0 Å². The van der Waals surface area contributed by atoms with Crippen molar-refractivity contribution in [1.82, 2.24) is 24.9 Å². The molecule has 0 bridgehead atoms. The van der Waals surface area contributed by atoms with Gasteiger partial charge in [0.2, 0.25) is 0 Å². The second-order valence-electron chi connectivity index (χ2n) is 27.3. The summed E-state index contributed by atoms with van der Waals surface area (Å²) in [6.45, 7) is 45.4. The maximum atomic E-state index is 11.9. The van der Waals surface area contributed by atoms with Gasteiger partial charge in [0.05, 0.1) is 84.2 Å². The van der Waals surface area contributed by atoms with Crippen molar-refractivity contribution in [2.75, 3.05) is 91.9 Å². The Morgan fingerprint density at radius 2 is 0.865 bits per heavy atom. The number of β-amino-alcohol motifs (C(OH)–C–C–N with tert-alkyl or cyclic N) is 2. The second kappa shape index (κ2) is 22.1. The van der Waals surface area contributed by atoms with Crippen LogP contribution in [0.15, 0.2) is 0 Å². The number of hydrogen-bond acceptors (Lipinski definition) is 17. The maximum absolute atomic E-state index is 11.9. The van der Waals surface area contributed by atoms with Gasteiger partial charge in [0, 0.05) is 29.3 Å². The summed E-state index contributed by atoms with van der Waals surface area (Å²) in [5, 5.41) is 33.2. The molecule has 428 valence electrons. The van der Waals surface area contributed by atoms with Crippen molar-refractivity contribution in [3.63, 3.8) is 0 Å². The Kier molecular flexibility index (Phi) is 19.2. The molecule has 7 aliphatic heterocycles. The third kappa shape index (κ3) is 15.6. The second-order valence-corrected chi connectivity index (χ2v) is 27.3. The van der Waals surface area contributed by atoms with Gasteiger partial charge in [-0.05, 0) is 104 Å². The van der Waals surface area contributed by atoms with E-state index in [9.17, 15) is 44.1 Å². The van der Waals surface area contributed by atoms with Crippen LogP contribution in [0.5, 0.6) is 0 Å². The van der Waals surface area contributed by atoms with Crippen LogP contribution in [-0.2, 0) is 42.7 Å². The highest BCUT2D eigenvalue weighted by molar-refractivity contribution is 5.94. The van der Waals surface area contributed by atoms with Crippen LogP contribution in [0.4, 0.5) is 19.2 Å². The highest BCUT2D eigenvalue weighted by Crippen LogP contribution is 2.50. The average molecular weight is 1060 g/mol. The van der Waals surface area contributed by atoms with Gasteiger partial charge < -0.3 is 68.5 Å². The van der Waals surface area contributed by atoms with Gasteiger partial charge in [0.1, 0.15) is 44.8 Å². The zero-order chi connectivity index (χ0) is 57.3. The summed E-state index contributed by atoms with van der Waals surface area (Å²) >= 11 is 0. The predicted molar refractivity (Wildman–Crippen MR) is 275 cm³/mol. The summed E-state index contributed by atoms with van der Waals surface area (Å²) in [4.78, 5) is 74.7. The van der Waals surface area contributed by atoms with E-state index < -0.39 is 68.7 Å². The maximum Gasteiger partial charge on any atom is 0.411 e. The number of aliphatic hydroxyl groups is 3. The number of ketones is 1. The molecule has 0 aromatic heterocycles. The number of aliphatic hydroxyl groups excluding tert-OH is 1. The molecular formula is C53H95N5O16. The molecule has 7 aliphatic rings. The molecule has 7 fully saturated rings. The lowest BCUT2D eigenvalue weighted by molar-refractivity contribution is -0.300. The van der Waals surface area contributed by atoms with Crippen LogP contribution < -0.4 is 5.32 Å². The topological polar surface area (TPSA) is 253 Å². The Morgan fingerprint density at radius 1 is 0.541 bits per heavy atom. The third-order valence-electron chi connectivity index (χ3n) is 14.4. The van der Waals surface area contributed by atoms with Gasteiger partial charge in [0.25, 0.3) is 0 Å². The number of carbonyl (C=O) groups excluding carboxylic acids is 6. The van der Waals surface area contributed by atoms with E-state index in [4.69, 9.17) is 33.2 Å². The average Bonchev–Trinajstić information content (AvgIpc) is 3.13. The van der Waals surface area contributed by atoms with Crippen LogP contribution in [0.25, 0.3) is 0 Å². The van der Waals surface area contributed by atoms with Crippen molar-refractivity contribution in [2.24, 2.45) is 21.7 Å². The van der Waals surface area contributed by atoms with Crippen molar-refractivity contribution in [3.8, 4) is 0 Å². The monoisotopic (exact) mass is 1060 g/mol. The zero-order valence-corrected chi connectivity index (χ0v) is 48.8. The quantitative estimate of drug-likeness (QED) is 0.188. The molecule has 0 radical (unpaired) electrons. The fourth-order valence-electron chi connectivity index (χ4n) is 8.00. The molecular weight excluding hydrogens is 963 g/mol. The third-order valence-corrected chi connectivity index (χ3v) is 14.4. The number of nitrogens with zero attached hydrogens (tertiary/aromatic N) is 4. The highest BCUT2D eigenvalue weighted by Gasteiger charge is 2.63. The molecule has 0 aliphatic carbocycles. The number of hydrogen-bond donors (Lipinski definition) is 4. The fraction of sp³-hybridized carbons (Fsp3) is 0.887. The van der Waals surface area contributed by atoms with E-state index in [1.807, 2.05) is 20.8 Å². The van der Waals surface area contributed by atoms with Crippen LogP contribution in [0.1, 0.15) is 145 Å². The highest BCUT2D eigenvalue weighted by atomic mass is 16.6. The standard InChI is InChI=1S/C14H25NO5.C12H23NO4.C12H21NO3.C8H13NO3.C7H13NO/c1-7-19-10(16)13(5,6)14(18)8-15(9-14)11(17)20-12(2,3)4;1-10(2,3)17-9(15)13-6-12(16,7-13)11(4,5)8-14;1-10(2,3)16-9(14)13-6-12(7-13)11(4,5)8-15-12;1-8(2,3)12-7(11)9-4-6(10)5-9;1-6(2)5-9-7(6)3-8-4-7/h18H,7-9H2,1-6H3;14,16H,6-8H2,1-5H3;6-8H2,1-5H3;4-5H2,1-3H3;8H,3-5H2,1-2H3. The van der Waals surface area contributed by atoms with Gasteiger partial charge in [-0.25, -0.2) is 19.2 Å². The van der Waals surface area contributed by atoms with E-state index in [0.29, 0.717) is 18.5 Å². The van der Waals surface area contributed by atoms with Gasteiger partial charge in [-0.15, -0.1) is 0 Å². The first-order chi connectivity index (χ1) is 33.1. The molecule has 7 saturated heterocycles. The molecule has 0 saturated carbocycles. The first kappa shape index (κ1) is 64.3. The Labute approximate surface area is 440 Å². The Bertz CT molecular complexity index is 1990. The largest absolute Gasteiger partial charge is 0.465 e. The summed E-state index contributed by atoms with van der Waals surface area (Å²) < 4.78 is 36.8. The van der Waals surface area contributed by atoms with Crippen LogP contribution in [0.2, 0.25) is 0 Å². The summed E-state index contributed by atoms with van der Waals surface area (Å²) in [6.07, 6.45) is -1.54. The van der Waals surface area contributed by atoms with Gasteiger partial charge in [-0.1, -0.05) is 41.5 Å². The number of esters is 1. The van der Waals surface area contributed by atoms with Crippen molar-refractivity contribution in [3.05, 3.63) is 0 Å². The smallest absolute Gasteiger partial charge is 0.411 e. The van der Waals surface area contributed by atoms with Crippen molar-refractivity contribution < 1.29 is 77.2 Å². The number of carbonyl (C=O) groups is 6. The number of amides is 4. The molecule has 0 aromatic carbocycles. The van der Waals surface area contributed by atoms with E-state index >= 15 is 0 Å². The molecule has 7 rings (SSSR count). The van der Waals surface area contributed by atoms with Crippen LogP contribution in [-0.4, -0.2) is 208 Å². The Hall–Kier alpha value is -4.02. The Balaban J connectivity index is 0.000000249. The molecule has 0 aromatic rings. The van der Waals surface area contributed by atoms with Gasteiger partial charge in [0.15, 0.2) is 5.78 Å². The molecule has 74 heavy (non-hydrogen) atoms. The molecule has 0 atom stereocenters. The number of nitrogens with one attached hydrogen (secondary N) is 1. The van der Waals surface area contributed by atoms with Gasteiger partial charge >= 0.3 is 30.3 Å². The van der Waals surface area contributed by atoms with Crippen molar-refractivity contribution >= 4 is 36.1 Å². The molecule has 4 N–H and O–H groups in total. The summed E-state index contributed by atoms with van der Waals surface area (Å²) in [6, 6.07) is 0. The van der Waals surface area contributed by atoms with E-state index in [1.165, 1.54) is 14.7 Å². The number of likely N-dealkylation sites (tertiary alicyclic amines) is 4. The zero-order valence-electron chi connectivity index (χ0n) is 48.8. The van der Waals surface area contributed by atoms with E-state index in [1.54, 1.807) is 102 Å². The summed E-state index contributed by atoms with van der Waals surface area (Å²) in [7, 11) is 0. The predicted octanol–water partition coefficient (Wildman–Crippen LogP) is 5.77. The van der Waals surface area contributed by atoms with E-state index in [0.717, 1.165) is 26.3 Å². The molecule has 21 heteroatoms. The molecule has 2 spiro atoms. The van der Waals surface area contributed by atoms with Crippen molar-refractivity contribution in [1.29, 1.82) is 0 Å². The van der Waals surface area contributed by atoms with Gasteiger partial charge in [-0.2, -0.15) is 0 Å². The minimum absolute atomic E-state index is 0.0632. The lowest BCUT2D eigenvalue weighted by atomic mass is 9.66. The Morgan fingerprint density at radius 3 is 1.09 bits per heavy atom. The van der Waals surface area contributed by atoms with Crippen LogP contribution in [0, 0.1) is 21.7 Å². The number of rotatable bonds is 5. The minimum atomic E-state index is -1.28. The molecule has 0 unspecified atom stereocenters. The first-order valence-corrected chi connectivity index (χ1v) is 25.8. The van der Waals surface area contributed by atoms with Crippen LogP contribution >= 0.6 is 0 Å². The fourth-order valence-corrected chi connectivity index (χ4v) is 8.00. The summed E-state index contributed by atoms with van der Waals surface area (Å²) in [5.74, 6) is -0.382. The lowest BCUT2D eigenvalue weighted by Crippen LogP contribution is -2.77. The van der Waals surface area contributed by atoms with Gasteiger partial charge in [-0.3, -0.25) is 14.5 Å². The number of ether oxygens (including phenoxy) is 7. The molecule has 4 amide bonds. The SMILES string of the molecule is CC(C)(C)OC(=O)N1CC(=O)C1.CC(C)(C)OC(=O)N1CC(O)(C(C)(C)CO)C1.CC(C)(C)OC(=O)N1CC2(C1)OCC2(C)C.CC1(C)COC12CNC2.CCOC(=O)C(C)(C)C1(O)CN(C(=O)OC(C)(C)C)C1.